The molecule has 2 aliphatic rings. The summed E-state index contributed by atoms with van der Waals surface area (Å²) >= 11 is 5.86. The van der Waals surface area contributed by atoms with Crippen LogP contribution in [0.2, 0.25) is 5.02 Å². The molecule has 5 nitrogen and oxygen atoms in total. The smallest absolute Gasteiger partial charge is 0.253 e. The molecule has 0 bridgehead atoms. The van der Waals surface area contributed by atoms with Crippen molar-refractivity contribution in [2.75, 3.05) is 26.7 Å². The Kier molecular flexibility index (Phi) is 6.01. The Hall–Kier alpha value is -2.53. The summed E-state index contributed by atoms with van der Waals surface area (Å²) in [5.41, 5.74) is 3.49. The molecule has 0 saturated carbocycles. The molecule has 1 aromatic rings. The Morgan fingerprint density at radius 1 is 1.26 bits per heavy atom. The molecular formula is C21H24ClN3O2. The first-order valence-electron chi connectivity index (χ1n) is 9.06. The van der Waals surface area contributed by atoms with Crippen LogP contribution in [0, 0.1) is 5.92 Å². The summed E-state index contributed by atoms with van der Waals surface area (Å²) in [5, 5.41) is 6.66. The summed E-state index contributed by atoms with van der Waals surface area (Å²) in [7, 11) is 1.64. The molecule has 2 amide bonds. The Bertz CT molecular complexity index is 818. The minimum atomic E-state index is -0.0651. The maximum atomic E-state index is 12.4. The number of benzene rings is 1. The standard InChI is InChI=1S/C21H24ClN3O2/c1-14-17(4-3-5-19(14)20(26)23-2)11-24-10-15-12-25(13-15)21(27)16-6-8-18(22)9-7-16/h3,5-9,11,15,24H,4,10,12-13H2,1-2H3,(H,23,26)/b17-11+. The van der Waals surface area contributed by atoms with Gasteiger partial charge < -0.3 is 15.5 Å². The van der Waals surface area contributed by atoms with E-state index in [2.05, 4.69) is 10.6 Å². The predicted octanol–water partition coefficient (Wildman–Crippen LogP) is 2.91. The highest BCUT2D eigenvalue weighted by molar-refractivity contribution is 6.30. The van der Waals surface area contributed by atoms with Crippen LogP contribution in [0.15, 0.2) is 59.3 Å². The SMILES string of the molecule is CNC(=O)C1=C(C)/C(=C/NCC2CN(C(=O)c3ccc(Cl)cc3)C2)CC=C1. The summed E-state index contributed by atoms with van der Waals surface area (Å²) in [6.07, 6.45) is 6.68. The zero-order chi connectivity index (χ0) is 19.4. The van der Waals surface area contributed by atoms with Gasteiger partial charge in [-0.1, -0.05) is 23.8 Å². The average molecular weight is 386 g/mol. The molecule has 142 valence electrons. The van der Waals surface area contributed by atoms with E-state index in [-0.39, 0.29) is 11.8 Å². The topological polar surface area (TPSA) is 61.4 Å². The molecule has 0 aromatic heterocycles. The zero-order valence-electron chi connectivity index (χ0n) is 15.6. The van der Waals surface area contributed by atoms with Gasteiger partial charge in [0.25, 0.3) is 11.8 Å². The summed E-state index contributed by atoms with van der Waals surface area (Å²) < 4.78 is 0. The lowest BCUT2D eigenvalue weighted by molar-refractivity contribution is -0.116. The molecule has 1 fully saturated rings. The first-order chi connectivity index (χ1) is 13.0. The predicted molar refractivity (Wildman–Crippen MR) is 107 cm³/mol. The van der Waals surface area contributed by atoms with E-state index in [0.29, 0.717) is 22.1 Å². The number of carbonyl (C=O) groups excluding carboxylic acids is 2. The van der Waals surface area contributed by atoms with E-state index in [1.807, 2.05) is 30.2 Å². The molecule has 1 saturated heterocycles. The number of likely N-dealkylation sites (tertiary alicyclic amines) is 1. The molecule has 1 heterocycles. The summed E-state index contributed by atoms with van der Waals surface area (Å²) in [6.45, 7) is 4.27. The molecule has 0 atom stereocenters. The molecule has 3 rings (SSSR count). The van der Waals surface area contributed by atoms with Gasteiger partial charge >= 0.3 is 0 Å². The van der Waals surface area contributed by atoms with E-state index in [1.165, 1.54) is 0 Å². The number of nitrogens with zero attached hydrogens (tertiary/aromatic N) is 1. The Labute approximate surface area is 164 Å². The lowest BCUT2D eigenvalue weighted by Crippen LogP contribution is -2.52. The molecular weight excluding hydrogens is 362 g/mol. The number of likely N-dealkylation sites (N-methyl/N-ethyl adjacent to an activating group) is 1. The molecule has 1 aromatic carbocycles. The Morgan fingerprint density at radius 3 is 2.63 bits per heavy atom. The van der Waals surface area contributed by atoms with E-state index in [1.54, 1.807) is 31.3 Å². The van der Waals surface area contributed by atoms with E-state index in [0.717, 1.165) is 37.2 Å². The third-order valence-corrected chi connectivity index (χ3v) is 5.25. The van der Waals surface area contributed by atoms with Gasteiger partial charge in [0.2, 0.25) is 0 Å². The fourth-order valence-electron chi connectivity index (χ4n) is 3.29. The number of rotatable bonds is 5. The molecule has 1 aliphatic carbocycles. The van der Waals surface area contributed by atoms with Crippen molar-refractivity contribution in [1.82, 2.24) is 15.5 Å². The van der Waals surface area contributed by atoms with Crippen molar-refractivity contribution >= 4 is 23.4 Å². The van der Waals surface area contributed by atoms with Crippen LogP contribution >= 0.6 is 11.6 Å². The van der Waals surface area contributed by atoms with E-state index < -0.39 is 0 Å². The highest BCUT2D eigenvalue weighted by atomic mass is 35.5. The number of carbonyl (C=O) groups is 2. The fraction of sp³-hybridized carbons (Fsp3) is 0.333. The highest BCUT2D eigenvalue weighted by Crippen LogP contribution is 2.24. The van der Waals surface area contributed by atoms with Gasteiger partial charge in [0.1, 0.15) is 0 Å². The van der Waals surface area contributed by atoms with Crippen molar-refractivity contribution in [3.05, 3.63) is 69.9 Å². The van der Waals surface area contributed by atoms with Crippen LogP contribution in [0.1, 0.15) is 23.7 Å². The van der Waals surface area contributed by atoms with Crippen molar-refractivity contribution in [3.8, 4) is 0 Å². The molecule has 2 N–H and O–H groups in total. The normalized spacial score (nSPS) is 18.5. The third kappa shape index (κ3) is 4.42. The summed E-state index contributed by atoms with van der Waals surface area (Å²) in [4.78, 5) is 26.1. The Balaban J connectivity index is 1.49. The molecule has 0 spiro atoms. The van der Waals surface area contributed by atoms with Crippen molar-refractivity contribution in [2.45, 2.75) is 13.3 Å². The maximum absolute atomic E-state index is 12.4. The van der Waals surface area contributed by atoms with Crippen molar-refractivity contribution < 1.29 is 9.59 Å². The van der Waals surface area contributed by atoms with Crippen LogP contribution in [0.4, 0.5) is 0 Å². The van der Waals surface area contributed by atoms with E-state index in [9.17, 15) is 9.59 Å². The van der Waals surface area contributed by atoms with Gasteiger partial charge in [-0.2, -0.15) is 0 Å². The minimum Gasteiger partial charge on any atom is -0.390 e. The van der Waals surface area contributed by atoms with Gasteiger partial charge in [-0.3, -0.25) is 9.59 Å². The first-order valence-corrected chi connectivity index (χ1v) is 9.44. The number of nitrogens with one attached hydrogen (secondary N) is 2. The molecule has 6 heteroatoms. The number of allylic oxidation sites excluding steroid dienone is 3. The maximum Gasteiger partial charge on any atom is 0.253 e. The lowest BCUT2D eigenvalue weighted by Gasteiger charge is -2.39. The van der Waals surface area contributed by atoms with Crippen LogP contribution < -0.4 is 10.6 Å². The molecule has 27 heavy (non-hydrogen) atoms. The number of amides is 2. The third-order valence-electron chi connectivity index (χ3n) is 5.00. The van der Waals surface area contributed by atoms with Crippen molar-refractivity contribution in [3.63, 3.8) is 0 Å². The van der Waals surface area contributed by atoms with E-state index in [4.69, 9.17) is 11.6 Å². The van der Waals surface area contributed by atoms with Crippen molar-refractivity contribution in [1.29, 1.82) is 0 Å². The second-order valence-electron chi connectivity index (χ2n) is 6.89. The van der Waals surface area contributed by atoms with Crippen LogP contribution in [-0.2, 0) is 4.79 Å². The van der Waals surface area contributed by atoms with Gasteiger partial charge in [0, 0.05) is 55.0 Å². The second kappa shape index (κ2) is 8.44. The zero-order valence-corrected chi connectivity index (χ0v) is 16.3. The molecule has 1 aliphatic heterocycles. The Morgan fingerprint density at radius 2 is 1.96 bits per heavy atom. The van der Waals surface area contributed by atoms with Crippen LogP contribution in [0.5, 0.6) is 0 Å². The first kappa shape index (κ1) is 19.2. The van der Waals surface area contributed by atoms with Crippen molar-refractivity contribution in [2.24, 2.45) is 5.92 Å². The number of hydrogen-bond acceptors (Lipinski definition) is 3. The minimum absolute atomic E-state index is 0.0488. The van der Waals surface area contributed by atoms with E-state index >= 15 is 0 Å². The van der Waals surface area contributed by atoms with Gasteiger partial charge in [0.15, 0.2) is 0 Å². The van der Waals surface area contributed by atoms with Crippen LogP contribution in [-0.4, -0.2) is 43.4 Å². The average Bonchev–Trinajstić information content (AvgIpc) is 2.64. The number of hydrogen-bond donors (Lipinski definition) is 2. The van der Waals surface area contributed by atoms with Gasteiger partial charge in [0.05, 0.1) is 0 Å². The van der Waals surface area contributed by atoms with Crippen LogP contribution in [0.25, 0.3) is 0 Å². The van der Waals surface area contributed by atoms with Gasteiger partial charge in [-0.15, -0.1) is 0 Å². The van der Waals surface area contributed by atoms with Gasteiger partial charge in [-0.05, 0) is 48.8 Å². The van der Waals surface area contributed by atoms with Gasteiger partial charge in [-0.25, -0.2) is 0 Å². The van der Waals surface area contributed by atoms with Crippen LogP contribution in [0.3, 0.4) is 0 Å². The lowest BCUT2D eigenvalue weighted by atomic mass is 9.93. The second-order valence-corrected chi connectivity index (χ2v) is 7.32. The molecule has 0 radical (unpaired) electrons. The summed E-state index contributed by atoms with van der Waals surface area (Å²) in [6, 6.07) is 7.00. The quantitative estimate of drug-likeness (QED) is 0.819. The monoisotopic (exact) mass is 385 g/mol. The largest absolute Gasteiger partial charge is 0.390 e. The highest BCUT2D eigenvalue weighted by Gasteiger charge is 2.30. The fourth-order valence-corrected chi connectivity index (χ4v) is 3.42. The summed E-state index contributed by atoms with van der Waals surface area (Å²) in [5.74, 6) is 0.414. The number of halogens is 1. The molecule has 0 unspecified atom stereocenters.